The van der Waals surface area contributed by atoms with Crippen molar-refractivity contribution in [2.75, 3.05) is 19.1 Å². The minimum absolute atomic E-state index is 0.459. The van der Waals surface area contributed by atoms with Gasteiger partial charge in [0, 0.05) is 18.1 Å². The highest BCUT2D eigenvalue weighted by molar-refractivity contribution is 9.10. The van der Waals surface area contributed by atoms with Crippen LogP contribution in [0.25, 0.3) is 0 Å². The number of benzene rings is 2. The Morgan fingerprint density at radius 3 is 2.62 bits per heavy atom. The highest BCUT2D eigenvalue weighted by Gasteiger charge is 2.09. The number of aliphatic hydroxyl groups excluding tert-OH is 1. The van der Waals surface area contributed by atoms with E-state index in [9.17, 15) is 5.11 Å². The lowest BCUT2D eigenvalue weighted by Crippen LogP contribution is -2.17. The van der Waals surface area contributed by atoms with E-state index in [1.165, 1.54) is 5.56 Å². The first-order valence-electron chi connectivity index (χ1n) is 6.83. The van der Waals surface area contributed by atoms with Crippen LogP contribution in [0.1, 0.15) is 24.2 Å². The van der Waals surface area contributed by atoms with Crippen LogP contribution in [0.3, 0.4) is 0 Å². The first-order chi connectivity index (χ1) is 10.0. The third-order valence-corrected chi connectivity index (χ3v) is 4.05. The highest BCUT2D eigenvalue weighted by Crippen LogP contribution is 2.30. The van der Waals surface area contributed by atoms with Gasteiger partial charge >= 0.3 is 0 Å². The van der Waals surface area contributed by atoms with E-state index in [0.29, 0.717) is 0 Å². The molecule has 0 spiro atoms. The average Bonchev–Trinajstić information content (AvgIpc) is 2.47. The number of anilines is 1. The van der Waals surface area contributed by atoms with E-state index in [1.54, 1.807) is 14.0 Å². The fourth-order valence-electron chi connectivity index (χ4n) is 2.22. The van der Waals surface area contributed by atoms with Crippen LogP contribution in [0.15, 0.2) is 46.9 Å². The number of ether oxygens (including phenoxy) is 1. The number of aliphatic hydroxyl groups is 1. The Bertz CT molecular complexity index is 613. The number of nitrogens with zero attached hydrogens (tertiary/aromatic N) is 1. The van der Waals surface area contributed by atoms with Crippen molar-refractivity contribution in [1.82, 2.24) is 0 Å². The Morgan fingerprint density at radius 2 is 2.00 bits per heavy atom. The van der Waals surface area contributed by atoms with E-state index in [0.717, 1.165) is 28.0 Å². The summed E-state index contributed by atoms with van der Waals surface area (Å²) in [6.07, 6.45) is -0.459. The summed E-state index contributed by atoms with van der Waals surface area (Å²) in [6, 6.07) is 14.0. The number of halogens is 1. The maximum absolute atomic E-state index is 9.62. The van der Waals surface area contributed by atoms with Crippen molar-refractivity contribution < 1.29 is 9.84 Å². The summed E-state index contributed by atoms with van der Waals surface area (Å²) in [7, 11) is 3.72. The van der Waals surface area contributed by atoms with Gasteiger partial charge in [0.15, 0.2) is 0 Å². The van der Waals surface area contributed by atoms with Crippen LogP contribution in [0.4, 0.5) is 5.69 Å². The molecule has 2 aromatic rings. The van der Waals surface area contributed by atoms with Gasteiger partial charge in [-0.15, -0.1) is 0 Å². The molecule has 0 saturated carbocycles. The van der Waals surface area contributed by atoms with E-state index in [4.69, 9.17) is 4.74 Å². The van der Waals surface area contributed by atoms with Gasteiger partial charge in [-0.3, -0.25) is 0 Å². The van der Waals surface area contributed by atoms with Crippen molar-refractivity contribution in [2.24, 2.45) is 0 Å². The monoisotopic (exact) mass is 349 g/mol. The van der Waals surface area contributed by atoms with Crippen molar-refractivity contribution in [3.8, 4) is 5.75 Å². The molecule has 0 aliphatic heterocycles. The topological polar surface area (TPSA) is 32.7 Å². The lowest BCUT2D eigenvalue weighted by molar-refractivity contribution is 0.199. The van der Waals surface area contributed by atoms with Gasteiger partial charge < -0.3 is 14.7 Å². The van der Waals surface area contributed by atoms with Crippen LogP contribution in [0, 0.1) is 0 Å². The van der Waals surface area contributed by atoms with Crippen molar-refractivity contribution in [1.29, 1.82) is 0 Å². The molecule has 0 unspecified atom stereocenters. The molecular weight excluding hydrogens is 330 g/mol. The molecule has 0 aromatic heterocycles. The van der Waals surface area contributed by atoms with Gasteiger partial charge in [0.25, 0.3) is 0 Å². The molecular formula is C17H20BrNO2. The molecule has 0 amide bonds. The molecule has 0 bridgehead atoms. The Kier molecular flexibility index (Phi) is 5.26. The molecule has 0 aliphatic carbocycles. The van der Waals surface area contributed by atoms with Gasteiger partial charge in [0.2, 0.25) is 0 Å². The fourth-order valence-corrected chi connectivity index (χ4v) is 2.92. The van der Waals surface area contributed by atoms with Gasteiger partial charge in [0.1, 0.15) is 5.75 Å². The number of methoxy groups -OCH3 is 1. The molecule has 0 heterocycles. The van der Waals surface area contributed by atoms with E-state index in [2.05, 4.69) is 26.9 Å². The van der Waals surface area contributed by atoms with E-state index in [1.807, 2.05) is 43.4 Å². The Labute approximate surface area is 134 Å². The molecule has 0 fully saturated rings. The predicted molar refractivity (Wildman–Crippen MR) is 89.9 cm³/mol. The van der Waals surface area contributed by atoms with Crippen LogP contribution < -0.4 is 9.64 Å². The minimum Gasteiger partial charge on any atom is -0.497 e. The first-order valence-corrected chi connectivity index (χ1v) is 7.62. The first kappa shape index (κ1) is 15.9. The largest absolute Gasteiger partial charge is 0.497 e. The molecule has 2 rings (SSSR count). The van der Waals surface area contributed by atoms with E-state index in [-0.39, 0.29) is 0 Å². The fraction of sp³-hybridized carbons (Fsp3) is 0.294. The van der Waals surface area contributed by atoms with Crippen molar-refractivity contribution in [2.45, 2.75) is 19.6 Å². The predicted octanol–water partition coefficient (Wildman–Crippen LogP) is 4.15. The van der Waals surface area contributed by atoms with Crippen LogP contribution in [-0.2, 0) is 6.54 Å². The quantitative estimate of drug-likeness (QED) is 0.880. The van der Waals surface area contributed by atoms with Crippen molar-refractivity contribution in [3.05, 3.63) is 58.1 Å². The number of hydrogen-bond acceptors (Lipinski definition) is 3. The minimum atomic E-state index is -0.459. The Balaban J connectivity index is 2.18. The zero-order valence-electron chi connectivity index (χ0n) is 12.5. The third kappa shape index (κ3) is 3.99. The van der Waals surface area contributed by atoms with Crippen LogP contribution in [0.5, 0.6) is 5.75 Å². The SMILES string of the molecule is COc1cccc(CN(C)c2ccc([C@@H](C)O)cc2Br)c1. The molecule has 4 heteroatoms. The third-order valence-electron chi connectivity index (χ3n) is 3.42. The zero-order valence-corrected chi connectivity index (χ0v) is 14.1. The molecule has 0 aliphatic rings. The van der Waals surface area contributed by atoms with Crippen LogP contribution >= 0.6 is 15.9 Å². The van der Waals surface area contributed by atoms with Gasteiger partial charge in [-0.05, 0) is 58.2 Å². The lowest BCUT2D eigenvalue weighted by Gasteiger charge is -2.22. The standard InChI is InChI=1S/C17H20BrNO2/c1-12(20)14-7-8-17(16(18)10-14)19(2)11-13-5-4-6-15(9-13)21-3/h4-10,12,20H,11H2,1-3H3/t12-/m1/s1. The van der Waals surface area contributed by atoms with Gasteiger partial charge in [0.05, 0.1) is 18.9 Å². The van der Waals surface area contributed by atoms with Crippen molar-refractivity contribution >= 4 is 21.6 Å². The zero-order chi connectivity index (χ0) is 15.4. The Morgan fingerprint density at radius 1 is 1.24 bits per heavy atom. The van der Waals surface area contributed by atoms with Crippen molar-refractivity contribution in [3.63, 3.8) is 0 Å². The Hall–Kier alpha value is -1.52. The normalized spacial score (nSPS) is 12.0. The maximum atomic E-state index is 9.62. The van der Waals surface area contributed by atoms with Gasteiger partial charge in [-0.2, -0.15) is 0 Å². The highest BCUT2D eigenvalue weighted by atomic mass is 79.9. The van der Waals surface area contributed by atoms with E-state index >= 15 is 0 Å². The molecule has 0 radical (unpaired) electrons. The summed E-state index contributed by atoms with van der Waals surface area (Å²) in [6.45, 7) is 2.55. The molecule has 1 N–H and O–H groups in total. The second-order valence-corrected chi connectivity index (χ2v) is 5.95. The number of rotatable bonds is 5. The molecule has 1 atom stereocenters. The molecule has 21 heavy (non-hydrogen) atoms. The summed E-state index contributed by atoms with van der Waals surface area (Å²) in [5, 5.41) is 9.62. The molecule has 0 saturated heterocycles. The second kappa shape index (κ2) is 6.96. The van der Waals surface area contributed by atoms with Crippen LogP contribution in [-0.4, -0.2) is 19.3 Å². The molecule has 3 nitrogen and oxygen atoms in total. The average molecular weight is 350 g/mol. The van der Waals surface area contributed by atoms with Gasteiger partial charge in [-0.25, -0.2) is 0 Å². The second-order valence-electron chi connectivity index (χ2n) is 5.09. The van der Waals surface area contributed by atoms with Crippen LogP contribution in [0.2, 0.25) is 0 Å². The van der Waals surface area contributed by atoms with Gasteiger partial charge in [-0.1, -0.05) is 18.2 Å². The smallest absolute Gasteiger partial charge is 0.119 e. The summed E-state index contributed by atoms with van der Waals surface area (Å²) in [4.78, 5) is 2.16. The van der Waals surface area contributed by atoms with E-state index < -0.39 is 6.10 Å². The summed E-state index contributed by atoms with van der Waals surface area (Å²) < 4.78 is 6.23. The molecule has 112 valence electrons. The molecule has 2 aromatic carbocycles. The summed E-state index contributed by atoms with van der Waals surface area (Å²) in [5.74, 6) is 0.865. The lowest BCUT2D eigenvalue weighted by atomic mass is 10.1. The summed E-state index contributed by atoms with van der Waals surface area (Å²) in [5.41, 5.74) is 3.17. The maximum Gasteiger partial charge on any atom is 0.119 e. The number of hydrogen-bond donors (Lipinski definition) is 1. The summed E-state index contributed by atoms with van der Waals surface area (Å²) >= 11 is 3.58.